The van der Waals surface area contributed by atoms with E-state index >= 15 is 0 Å². The number of aromatic nitrogens is 1. The van der Waals surface area contributed by atoms with Crippen LogP contribution in [-0.4, -0.2) is 18.1 Å². The number of nitrogens with one attached hydrogen (secondary N) is 1. The highest BCUT2D eigenvalue weighted by Gasteiger charge is 2.12. The molecule has 0 fully saturated rings. The lowest BCUT2D eigenvalue weighted by Crippen LogP contribution is -2.21. The van der Waals surface area contributed by atoms with Gasteiger partial charge in [0.2, 0.25) is 0 Å². The molecule has 0 aromatic carbocycles. The molecule has 2 heterocycles. The molecule has 3 nitrogen and oxygen atoms in total. The number of thiazole rings is 1. The standard InChI is InChI=1S/C14H20N2OS2/c1-10(2)15-8-13-12(9-17-3)16-14(19-13)7-11-5-4-6-18-11/h4-6,10,15H,7-9H2,1-3H3. The maximum atomic E-state index is 5.24. The third-order valence-corrected chi connectivity index (χ3v) is 4.65. The SMILES string of the molecule is COCc1nc(Cc2cccs2)sc1CNC(C)C. The summed E-state index contributed by atoms with van der Waals surface area (Å²) in [5.41, 5.74) is 1.08. The van der Waals surface area contributed by atoms with Crippen molar-refractivity contribution in [2.24, 2.45) is 0 Å². The van der Waals surface area contributed by atoms with E-state index in [9.17, 15) is 0 Å². The van der Waals surface area contributed by atoms with Crippen molar-refractivity contribution in [3.8, 4) is 0 Å². The lowest BCUT2D eigenvalue weighted by Gasteiger charge is -2.07. The number of ether oxygens (including phenoxy) is 1. The predicted octanol–water partition coefficient (Wildman–Crippen LogP) is 3.44. The number of rotatable bonds is 7. The number of hydrogen-bond donors (Lipinski definition) is 1. The van der Waals surface area contributed by atoms with Crippen molar-refractivity contribution in [3.05, 3.63) is 38.0 Å². The largest absolute Gasteiger partial charge is 0.378 e. The average Bonchev–Trinajstić information content (AvgIpc) is 2.98. The van der Waals surface area contributed by atoms with Crippen LogP contribution in [0, 0.1) is 0 Å². The summed E-state index contributed by atoms with van der Waals surface area (Å²) < 4.78 is 5.24. The summed E-state index contributed by atoms with van der Waals surface area (Å²) in [5.74, 6) is 0. The van der Waals surface area contributed by atoms with Crippen LogP contribution in [0.3, 0.4) is 0 Å². The molecule has 0 spiro atoms. The van der Waals surface area contributed by atoms with Gasteiger partial charge in [-0.25, -0.2) is 4.98 Å². The van der Waals surface area contributed by atoms with Crippen molar-refractivity contribution in [3.63, 3.8) is 0 Å². The van der Waals surface area contributed by atoms with Crippen LogP contribution in [0.1, 0.15) is 34.3 Å². The maximum absolute atomic E-state index is 5.24. The zero-order valence-electron chi connectivity index (χ0n) is 11.6. The van der Waals surface area contributed by atoms with Crippen LogP contribution in [0.15, 0.2) is 17.5 Å². The van der Waals surface area contributed by atoms with E-state index in [1.165, 1.54) is 14.8 Å². The molecule has 0 bridgehead atoms. The highest BCUT2D eigenvalue weighted by Crippen LogP contribution is 2.23. The van der Waals surface area contributed by atoms with Crippen molar-refractivity contribution in [1.29, 1.82) is 0 Å². The van der Waals surface area contributed by atoms with Gasteiger partial charge in [-0.05, 0) is 11.4 Å². The maximum Gasteiger partial charge on any atom is 0.0984 e. The fraction of sp³-hybridized carbons (Fsp3) is 0.500. The molecule has 0 unspecified atom stereocenters. The molecule has 0 atom stereocenters. The second-order valence-electron chi connectivity index (χ2n) is 4.70. The Morgan fingerprint density at radius 3 is 2.89 bits per heavy atom. The Morgan fingerprint density at radius 2 is 2.26 bits per heavy atom. The Morgan fingerprint density at radius 1 is 1.42 bits per heavy atom. The summed E-state index contributed by atoms with van der Waals surface area (Å²) in [6, 6.07) is 4.73. The Labute approximate surface area is 122 Å². The molecule has 104 valence electrons. The first-order valence-corrected chi connectivity index (χ1v) is 8.10. The van der Waals surface area contributed by atoms with E-state index in [-0.39, 0.29) is 0 Å². The van der Waals surface area contributed by atoms with Crippen LogP contribution in [0.25, 0.3) is 0 Å². The molecule has 5 heteroatoms. The average molecular weight is 296 g/mol. The van der Waals surface area contributed by atoms with Crippen LogP contribution in [0.5, 0.6) is 0 Å². The van der Waals surface area contributed by atoms with Gasteiger partial charge in [-0.3, -0.25) is 0 Å². The Kier molecular flexibility index (Phi) is 5.51. The van der Waals surface area contributed by atoms with Gasteiger partial charge in [0.1, 0.15) is 0 Å². The van der Waals surface area contributed by atoms with E-state index in [4.69, 9.17) is 9.72 Å². The molecule has 1 N–H and O–H groups in total. The minimum Gasteiger partial charge on any atom is -0.378 e. The minimum atomic E-state index is 0.484. The summed E-state index contributed by atoms with van der Waals surface area (Å²) in [6.45, 7) is 5.78. The topological polar surface area (TPSA) is 34.1 Å². The molecule has 0 aliphatic rings. The Bertz CT molecular complexity index is 492. The second-order valence-corrected chi connectivity index (χ2v) is 6.90. The summed E-state index contributed by atoms with van der Waals surface area (Å²) in [5, 5.41) is 6.74. The van der Waals surface area contributed by atoms with E-state index in [0.29, 0.717) is 12.6 Å². The summed E-state index contributed by atoms with van der Waals surface area (Å²) >= 11 is 3.58. The van der Waals surface area contributed by atoms with E-state index in [1.807, 2.05) is 0 Å². The smallest absolute Gasteiger partial charge is 0.0984 e. The van der Waals surface area contributed by atoms with Crippen LogP contribution < -0.4 is 5.32 Å². The molecule has 19 heavy (non-hydrogen) atoms. The summed E-state index contributed by atoms with van der Waals surface area (Å²) in [7, 11) is 1.72. The van der Waals surface area contributed by atoms with Crippen LogP contribution in [-0.2, 0) is 24.3 Å². The van der Waals surface area contributed by atoms with Crippen molar-refractivity contribution in [2.45, 2.75) is 39.5 Å². The summed E-state index contributed by atoms with van der Waals surface area (Å²) in [4.78, 5) is 7.37. The molecule has 0 saturated carbocycles. The quantitative estimate of drug-likeness (QED) is 0.850. The van der Waals surface area contributed by atoms with Crippen LogP contribution in [0.4, 0.5) is 0 Å². The van der Waals surface area contributed by atoms with Crippen molar-refractivity contribution in [1.82, 2.24) is 10.3 Å². The fourth-order valence-corrected chi connectivity index (χ4v) is 3.61. The van der Waals surface area contributed by atoms with Gasteiger partial charge in [-0.2, -0.15) is 0 Å². The lowest BCUT2D eigenvalue weighted by atomic mass is 10.3. The van der Waals surface area contributed by atoms with E-state index in [1.54, 1.807) is 29.8 Å². The van der Waals surface area contributed by atoms with Crippen molar-refractivity contribution in [2.75, 3.05) is 7.11 Å². The highest BCUT2D eigenvalue weighted by molar-refractivity contribution is 7.12. The molecule has 0 radical (unpaired) electrons. The third-order valence-electron chi connectivity index (χ3n) is 2.68. The van der Waals surface area contributed by atoms with Gasteiger partial charge in [-0.1, -0.05) is 19.9 Å². The molecule has 2 aromatic heterocycles. The van der Waals surface area contributed by atoms with Crippen LogP contribution in [0.2, 0.25) is 0 Å². The van der Waals surface area contributed by atoms with E-state index < -0.39 is 0 Å². The molecule has 0 aliphatic heterocycles. The third kappa shape index (κ3) is 4.38. The molecule has 0 amide bonds. The van der Waals surface area contributed by atoms with Gasteiger partial charge in [0.25, 0.3) is 0 Å². The zero-order chi connectivity index (χ0) is 13.7. The zero-order valence-corrected chi connectivity index (χ0v) is 13.2. The molecular formula is C14H20N2OS2. The lowest BCUT2D eigenvalue weighted by molar-refractivity contribution is 0.181. The second kappa shape index (κ2) is 7.14. The van der Waals surface area contributed by atoms with Gasteiger partial charge < -0.3 is 10.1 Å². The number of hydrogen-bond acceptors (Lipinski definition) is 5. The molecule has 0 saturated heterocycles. The normalized spacial score (nSPS) is 11.4. The highest BCUT2D eigenvalue weighted by atomic mass is 32.1. The van der Waals surface area contributed by atoms with Gasteiger partial charge >= 0.3 is 0 Å². The van der Waals surface area contributed by atoms with Crippen molar-refractivity contribution < 1.29 is 4.74 Å². The van der Waals surface area contributed by atoms with Crippen molar-refractivity contribution >= 4 is 22.7 Å². The first-order valence-electron chi connectivity index (χ1n) is 6.41. The van der Waals surface area contributed by atoms with Gasteiger partial charge in [0, 0.05) is 35.9 Å². The Hall–Kier alpha value is -0.750. The Balaban J connectivity index is 2.09. The predicted molar refractivity (Wildman–Crippen MR) is 81.9 cm³/mol. The fourth-order valence-electron chi connectivity index (χ4n) is 1.76. The first-order chi connectivity index (χ1) is 9.19. The minimum absolute atomic E-state index is 0.484. The van der Waals surface area contributed by atoms with Gasteiger partial charge in [-0.15, -0.1) is 22.7 Å². The van der Waals surface area contributed by atoms with Gasteiger partial charge in [0.05, 0.1) is 17.3 Å². The first kappa shape index (κ1) is 14.7. The van der Waals surface area contributed by atoms with Crippen LogP contribution >= 0.6 is 22.7 Å². The summed E-state index contributed by atoms with van der Waals surface area (Å²) in [6.07, 6.45) is 0.931. The number of nitrogens with zero attached hydrogens (tertiary/aromatic N) is 1. The number of methoxy groups -OCH3 is 1. The monoisotopic (exact) mass is 296 g/mol. The van der Waals surface area contributed by atoms with E-state index in [0.717, 1.165) is 18.7 Å². The molecular weight excluding hydrogens is 276 g/mol. The molecule has 0 aliphatic carbocycles. The number of thiophene rings is 1. The molecule has 2 aromatic rings. The van der Waals surface area contributed by atoms with E-state index in [2.05, 4.69) is 36.7 Å². The molecule has 2 rings (SSSR count). The van der Waals surface area contributed by atoms with Gasteiger partial charge in [0.15, 0.2) is 0 Å².